The second-order valence-corrected chi connectivity index (χ2v) is 1.98. The predicted octanol–water partition coefficient (Wildman–Crippen LogP) is -0.325. The molecule has 0 saturated carbocycles. The highest BCUT2D eigenvalue weighted by molar-refractivity contribution is 5.49. The SMILES string of the molecule is NCCC(O)CCC=O. The van der Waals surface area contributed by atoms with E-state index in [0.29, 0.717) is 25.8 Å². The minimum Gasteiger partial charge on any atom is -0.393 e. The molecule has 9 heavy (non-hydrogen) atoms. The first kappa shape index (κ1) is 8.59. The Balaban J connectivity index is 3.04. The maximum atomic E-state index is 9.77. The molecule has 0 saturated heterocycles. The zero-order valence-electron chi connectivity index (χ0n) is 5.42. The summed E-state index contributed by atoms with van der Waals surface area (Å²) in [5.41, 5.74) is 5.15. The third kappa shape index (κ3) is 5.46. The van der Waals surface area contributed by atoms with Crippen molar-refractivity contribution in [2.75, 3.05) is 6.54 Å². The van der Waals surface area contributed by atoms with E-state index in [1.165, 1.54) is 0 Å². The van der Waals surface area contributed by atoms with Crippen LogP contribution in [0.25, 0.3) is 0 Å². The van der Waals surface area contributed by atoms with Gasteiger partial charge in [-0.15, -0.1) is 0 Å². The standard InChI is InChI=1S/C6H13NO2/c7-4-3-6(9)2-1-5-8/h5-6,9H,1-4,7H2. The van der Waals surface area contributed by atoms with E-state index in [9.17, 15) is 4.79 Å². The predicted molar refractivity (Wildman–Crippen MR) is 35.0 cm³/mol. The Bertz CT molecular complexity index is 75.5. The second-order valence-electron chi connectivity index (χ2n) is 1.98. The lowest BCUT2D eigenvalue weighted by Crippen LogP contribution is -2.13. The highest BCUT2D eigenvalue weighted by atomic mass is 16.3. The lowest BCUT2D eigenvalue weighted by Gasteiger charge is -2.04. The minimum absolute atomic E-state index is 0.389. The molecule has 0 bridgehead atoms. The van der Waals surface area contributed by atoms with Gasteiger partial charge in [-0.05, 0) is 19.4 Å². The molecule has 3 N–H and O–H groups in total. The molecule has 0 spiro atoms. The zero-order chi connectivity index (χ0) is 7.11. The highest BCUT2D eigenvalue weighted by Crippen LogP contribution is 1.97. The summed E-state index contributed by atoms with van der Waals surface area (Å²) in [5, 5.41) is 8.94. The molecule has 0 aliphatic carbocycles. The third-order valence-electron chi connectivity index (χ3n) is 1.12. The highest BCUT2D eigenvalue weighted by Gasteiger charge is 1.99. The van der Waals surface area contributed by atoms with Gasteiger partial charge in [0.1, 0.15) is 6.29 Å². The Hall–Kier alpha value is -0.410. The van der Waals surface area contributed by atoms with Gasteiger partial charge < -0.3 is 15.6 Å². The molecule has 54 valence electrons. The first-order valence-corrected chi connectivity index (χ1v) is 3.13. The van der Waals surface area contributed by atoms with E-state index >= 15 is 0 Å². The Kier molecular flexibility index (Phi) is 5.46. The number of aliphatic hydroxyl groups excluding tert-OH is 1. The molecule has 0 aromatic rings. The summed E-state index contributed by atoms with van der Waals surface area (Å²) in [4.78, 5) is 9.77. The van der Waals surface area contributed by atoms with Gasteiger partial charge in [-0.3, -0.25) is 0 Å². The summed E-state index contributed by atoms with van der Waals surface area (Å²) in [6.45, 7) is 0.486. The maximum Gasteiger partial charge on any atom is 0.120 e. The summed E-state index contributed by atoms with van der Waals surface area (Å²) in [5.74, 6) is 0. The summed E-state index contributed by atoms with van der Waals surface area (Å²) >= 11 is 0. The van der Waals surface area contributed by atoms with Crippen LogP contribution in [0.4, 0.5) is 0 Å². The Morgan fingerprint density at radius 2 is 2.22 bits per heavy atom. The van der Waals surface area contributed by atoms with Crippen molar-refractivity contribution in [3.8, 4) is 0 Å². The third-order valence-corrected chi connectivity index (χ3v) is 1.12. The van der Waals surface area contributed by atoms with Gasteiger partial charge in [0.05, 0.1) is 6.10 Å². The molecule has 0 aliphatic rings. The molecule has 1 unspecified atom stereocenters. The Morgan fingerprint density at radius 1 is 1.56 bits per heavy atom. The van der Waals surface area contributed by atoms with Gasteiger partial charge in [-0.1, -0.05) is 0 Å². The van der Waals surface area contributed by atoms with E-state index in [1.54, 1.807) is 0 Å². The monoisotopic (exact) mass is 131 g/mol. The van der Waals surface area contributed by atoms with Crippen molar-refractivity contribution < 1.29 is 9.90 Å². The quantitative estimate of drug-likeness (QED) is 0.502. The molecular formula is C6H13NO2. The maximum absolute atomic E-state index is 9.77. The zero-order valence-corrected chi connectivity index (χ0v) is 5.42. The van der Waals surface area contributed by atoms with E-state index in [4.69, 9.17) is 10.8 Å². The number of aldehydes is 1. The summed E-state index contributed by atoms with van der Waals surface area (Å²) < 4.78 is 0. The number of hydrogen-bond acceptors (Lipinski definition) is 3. The lowest BCUT2D eigenvalue weighted by atomic mass is 10.1. The smallest absolute Gasteiger partial charge is 0.120 e. The van der Waals surface area contributed by atoms with Gasteiger partial charge in [0.2, 0.25) is 0 Å². The summed E-state index contributed by atoms with van der Waals surface area (Å²) in [6, 6.07) is 0. The van der Waals surface area contributed by atoms with Gasteiger partial charge in [-0.25, -0.2) is 0 Å². The van der Waals surface area contributed by atoms with Crippen molar-refractivity contribution in [1.82, 2.24) is 0 Å². The average Bonchev–Trinajstić information content (AvgIpc) is 1.85. The normalized spacial score (nSPS) is 13.1. The van der Waals surface area contributed by atoms with Crippen LogP contribution in [0, 0.1) is 0 Å². The average molecular weight is 131 g/mol. The fraction of sp³-hybridized carbons (Fsp3) is 0.833. The minimum atomic E-state index is -0.389. The topological polar surface area (TPSA) is 63.3 Å². The van der Waals surface area contributed by atoms with Crippen LogP contribution in [-0.4, -0.2) is 24.0 Å². The first-order chi connectivity index (χ1) is 4.31. The molecule has 3 heteroatoms. The van der Waals surface area contributed by atoms with E-state index in [0.717, 1.165) is 6.29 Å². The van der Waals surface area contributed by atoms with Crippen molar-refractivity contribution in [2.24, 2.45) is 5.73 Å². The van der Waals surface area contributed by atoms with Gasteiger partial charge in [0.15, 0.2) is 0 Å². The Labute approximate surface area is 54.9 Å². The number of carbonyl (C=O) groups is 1. The number of carbonyl (C=O) groups excluding carboxylic acids is 1. The lowest BCUT2D eigenvalue weighted by molar-refractivity contribution is -0.108. The second kappa shape index (κ2) is 5.72. The molecule has 0 aromatic carbocycles. The van der Waals surface area contributed by atoms with Gasteiger partial charge in [-0.2, -0.15) is 0 Å². The number of hydrogen-bond donors (Lipinski definition) is 2. The molecule has 0 aromatic heterocycles. The molecular weight excluding hydrogens is 118 g/mol. The van der Waals surface area contributed by atoms with E-state index in [1.807, 2.05) is 0 Å². The largest absolute Gasteiger partial charge is 0.393 e. The fourth-order valence-electron chi connectivity index (χ4n) is 0.597. The summed E-state index contributed by atoms with van der Waals surface area (Å²) in [6.07, 6.45) is 1.98. The van der Waals surface area contributed by atoms with Gasteiger partial charge >= 0.3 is 0 Å². The van der Waals surface area contributed by atoms with Gasteiger partial charge in [0, 0.05) is 6.42 Å². The van der Waals surface area contributed by atoms with E-state index in [2.05, 4.69) is 0 Å². The van der Waals surface area contributed by atoms with Crippen LogP contribution in [0.1, 0.15) is 19.3 Å². The molecule has 3 nitrogen and oxygen atoms in total. The van der Waals surface area contributed by atoms with Crippen molar-refractivity contribution in [1.29, 1.82) is 0 Å². The molecule has 0 rings (SSSR count). The number of nitrogens with two attached hydrogens (primary N) is 1. The van der Waals surface area contributed by atoms with E-state index < -0.39 is 0 Å². The van der Waals surface area contributed by atoms with Crippen LogP contribution >= 0.6 is 0 Å². The molecule has 0 fully saturated rings. The van der Waals surface area contributed by atoms with Crippen LogP contribution in [-0.2, 0) is 4.79 Å². The molecule has 0 amide bonds. The van der Waals surface area contributed by atoms with Crippen LogP contribution in [0.3, 0.4) is 0 Å². The van der Waals surface area contributed by atoms with Crippen LogP contribution in [0.5, 0.6) is 0 Å². The first-order valence-electron chi connectivity index (χ1n) is 3.13. The van der Waals surface area contributed by atoms with Crippen molar-refractivity contribution in [2.45, 2.75) is 25.4 Å². The van der Waals surface area contributed by atoms with E-state index in [-0.39, 0.29) is 6.10 Å². The molecule has 1 atom stereocenters. The molecule has 0 radical (unpaired) electrons. The van der Waals surface area contributed by atoms with Crippen LogP contribution in [0.2, 0.25) is 0 Å². The number of aliphatic hydroxyl groups is 1. The van der Waals surface area contributed by atoms with Crippen molar-refractivity contribution >= 4 is 6.29 Å². The number of rotatable bonds is 5. The molecule has 0 heterocycles. The summed E-state index contributed by atoms with van der Waals surface area (Å²) in [7, 11) is 0. The fourth-order valence-corrected chi connectivity index (χ4v) is 0.597. The Morgan fingerprint density at radius 3 is 2.67 bits per heavy atom. The van der Waals surface area contributed by atoms with Crippen molar-refractivity contribution in [3.63, 3.8) is 0 Å². The van der Waals surface area contributed by atoms with Gasteiger partial charge in [0.25, 0.3) is 0 Å². The van der Waals surface area contributed by atoms with Crippen molar-refractivity contribution in [3.05, 3.63) is 0 Å². The van der Waals surface area contributed by atoms with Crippen LogP contribution < -0.4 is 5.73 Å². The molecule has 0 aliphatic heterocycles. The van der Waals surface area contributed by atoms with Crippen LogP contribution in [0.15, 0.2) is 0 Å².